The fraction of sp³-hybridized carbons (Fsp3) is 0.278. The van der Waals surface area contributed by atoms with Crippen LogP contribution in [0.2, 0.25) is 5.02 Å². The standard InChI is InChI=1S/C18H17ClN2O3S/c1-2-3-8-24-16(22)10-21-11-20-14-9-15(25-17(14)18(21)23)12-4-6-13(19)7-5-12/h4-7,9,11H,2-3,8,10H2,1H3. The van der Waals surface area contributed by atoms with E-state index in [1.807, 2.05) is 25.1 Å². The van der Waals surface area contributed by atoms with Crippen molar-refractivity contribution in [2.75, 3.05) is 6.61 Å². The molecule has 0 amide bonds. The summed E-state index contributed by atoms with van der Waals surface area (Å²) >= 11 is 7.27. The Morgan fingerprint density at radius 1 is 1.32 bits per heavy atom. The largest absolute Gasteiger partial charge is 0.464 e. The van der Waals surface area contributed by atoms with Crippen LogP contribution in [-0.4, -0.2) is 22.1 Å². The van der Waals surface area contributed by atoms with E-state index >= 15 is 0 Å². The van der Waals surface area contributed by atoms with E-state index in [0.29, 0.717) is 21.8 Å². The topological polar surface area (TPSA) is 61.2 Å². The Morgan fingerprint density at radius 3 is 2.80 bits per heavy atom. The molecular weight excluding hydrogens is 360 g/mol. The zero-order valence-corrected chi connectivity index (χ0v) is 15.3. The van der Waals surface area contributed by atoms with Crippen molar-refractivity contribution in [1.82, 2.24) is 9.55 Å². The summed E-state index contributed by atoms with van der Waals surface area (Å²) in [5.74, 6) is -0.425. The van der Waals surface area contributed by atoms with Crippen LogP contribution in [0.5, 0.6) is 0 Å². The summed E-state index contributed by atoms with van der Waals surface area (Å²) in [6.07, 6.45) is 3.15. The molecule has 0 fully saturated rings. The number of unbranched alkanes of at least 4 members (excludes halogenated alkanes) is 1. The number of thiophene rings is 1. The van der Waals surface area contributed by atoms with Crippen LogP contribution in [0.4, 0.5) is 0 Å². The molecule has 25 heavy (non-hydrogen) atoms. The second-order valence-electron chi connectivity index (χ2n) is 5.58. The Balaban J connectivity index is 1.86. The molecule has 3 rings (SSSR count). The molecule has 2 heterocycles. The number of carbonyl (C=O) groups excluding carboxylic acids is 1. The number of fused-ring (bicyclic) bond motifs is 1. The fourth-order valence-corrected chi connectivity index (χ4v) is 3.52. The lowest BCUT2D eigenvalue weighted by Gasteiger charge is -2.05. The molecular formula is C18H17ClN2O3S. The van der Waals surface area contributed by atoms with E-state index in [1.165, 1.54) is 22.2 Å². The SMILES string of the molecule is CCCCOC(=O)Cn1cnc2cc(-c3ccc(Cl)cc3)sc2c1=O. The number of benzene rings is 1. The molecule has 3 aromatic rings. The molecule has 2 aromatic heterocycles. The van der Waals surface area contributed by atoms with Crippen LogP contribution in [0.15, 0.2) is 41.5 Å². The van der Waals surface area contributed by atoms with Gasteiger partial charge in [0.2, 0.25) is 0 Å². The third-order valence-corrected chi connectivity index (χ3v) is 5.11. The Kier molecular flexibility index (Phi) is 5.50. The molecule has 0 aliphatic heterocycles. The molecule has 7 heteroatoms. The van der Waals surface area contributed by atoms with Crippen molar-refractivity contribution < 1.29 is 9.53 Å². The average Bonchev–Trinajstić information content (AvgIpc) is 3.03. The number of hydrogen-bond acceptors (Lipinski definition) is 5. The second kappa shape index (κ2) is 7.80. The van der Waals surface area contributed by atoms with E-state index in [2.05, 4.69) is 4.98 Å². The van der Waals surface area contributed by atoms with E-state index in [-0.39, 0.29) is 12.1 Å². The second-order valence-corrected chi connectivity index (χ2v) is 7.07. The lowest BCUT2D eigenvalue weighted by atomic mass is 10.2. The van der Waals surface area contributed by atoms with Gasteiger partial charge in [0.25, 0.3) is 5.56 Å². The van der Waals surface area contributed by atoms with Crippen molar-refractivity contribution in [2.45, 2.75) is 26.3 Å². The first kappa shape index (κ1) is 17.6. The van der Waals surface area contributed by atoms with Crippen LogP contribution in [0.1, 0.15) is 19.8 Å². The third kappa shape index (κ3) is 4.08. The molecule has 0 saturated heterocycles. The van der Waals surface area contributed by atoms with Crippen LogP contribution in [0.3, 0.4) is 0 Å². The lowest BCUT2D eigenvalue weighted by Crippen LogP contribution is -2.25. The molecule has 0 unspecified atom stereocenters. The maximum absolute atomic E-state index is 12.6. The summed E-state index contributed by atoms with van der Waals surface area (Å²) in [7, 11) is 0. The van der Waals surface area contributed by atoms with Crippen LogP contribution in [0.25, 0.3) is 20.7 Å². The molecule has 130 valence electrons. The predicted octanol–water partition coefficient (Wildman–Crippen LogP) is 4.12. The summed E-state index contributed by atoms with van der Waals surface area (Å²) in [5, 5.41) is 0.659. The maximum Gasteiger partial charge on any atom is 0.326 e. The average molecular weight is 377 g/mol. The number of ether oxygens (including phenoxy) is 1. The van der Waals surface area contributed by atoms with Gasteiger partial charge in [-0.1, -0.05) is 37.1 Å². The summed E-state index contributed by atoms with van der Waals surface area (Å²) < 4.78 is 6.92. The van der Waals surface area contributed by atoms with Crippen LogP contribution in [0, 0.1) is 0 Å². The Morgan fingerprint density at radius 2 is 2.08 bits per heavy atom. The summed E-state index contributed by atoms with van der Waals surface area (Å²) in [4.78, 5) is 29.6. The highest BCUT2D eigenvalue weighted by Crippen LogP contribution is 2.31. The highest BCUT2D eigenvalue weighted by atomic mass is 35.5. The molecule has 0 spiro atoms. The van der Waals surface area contributed by atoms with Gasteiger partial charge in [0.1, 0.15) is 11.2 Å². The van der Waals surface area contributed by atoms with Gasteiger partial charge >= 0.3 is 5.97 Å². The maximum atomic E-state index is 12.6. The summed E-state index contributed by atoms with van der Waals surface area (Å²) in [6, 6.07) is 9.28. The van der Waals surface area contributed by atoms with E-state index in [0.717, 1.165) is 23.3 Å². The van der Waals surface area contributed by atoms with Gasteiger partial charge in [-0.05, 0) is 30.2 Å². The van der Waals surface area contributed by atoms with Crippen molar-refractivity contribution in [2.24, 2.45) is 0 Å². The molecule has 5 nitrogen and oxygen atoms in total. The number of halogens is 1. The minimum Gasteiger partial charge on any atom is -0.464 e. The number of hydrogen-bond donors (Lipinski definition) is 0. The molecule has 0 atom stereocenters. The van der Waals surface area contributed by atoms with Crippen molar-refractivity contribution in [3.63, 3.8) is 0 Å². The highest BCUT2D eigenvalue weighted by Gasteiger charge is 2.13. The first-order valence-electron chi connectivity index (χ1n) is 7.99. The number of rotatable bonds is 6. The minimum absolute atomic E-state index is 0.125. The Hall–Kier alpha value is -2.18. The summed E-state index contributed by atoms with van der Waals surface area (Å²) in [5.41, 5.74) is 1.36. The number of esters is 1. The van der Waals surface area contributed by atoms with Gasteiger partial charge in [0.05, 0.1) is 18.5 Å². The lowest BCUT2D eigenvalue weighted by molar-refractivity contribution is -0.144. The van der Waals surface area contributed by atoms with Crippen molar-refractivity contribution in [3.05, 3.63) is 52.0 Å². The molecule has 0 aliphatic carbocycles. The molecule has 1 aromatic carbocycles. The quantitative estimate of drug-likeness (QED) is 0.479. The van der Waals surface area contributed by atoms with Crippen molar-refractivity contribution >= 4 is 39.1 Å². The first-order valence-corrected chi connectivity index (χ1v) is 9.18. The van der Waals surface area contributed by atoms with E-state index in [1.54, 1.807) is 12.1 Å². The van der Waals surface area contributed by atoms with E-state index in [9.17, 15) is 9.59 Å². The number of carbonyl (C=O) groups is 1. The van der Waals surface area contributed by atoms with E-state index < -0.39 is 5.97 Å². The van der Waals surface area contributed by atoms with Crippen molar-refractivity contribution in [1.29, 1.82) is 0 Å². The van der Waals surface area contributed by atoms with Crippen molar-refractivity contribution in [3.8, 4) is 10.4 Å². The van der Waals surface area contributed by atoms with Gasteiger partial charge in [-0.15, -0.1) is 11.3 Å². The zero-order chi connectivity index (χ0) is 17.8. The molecule has 0 radical (unpaired) electrons. The van der Waals surface area contributed by atoms with E-state index in [4.69, 9.17) is 16.3 Å². The third-order valence-electron chi connectivity index (χ3n) is 3.69. The Bertz CT molecular complexity index is 947. The number of aromatic nitrogens is 2. The van der Waals surface area contributed by atoms with Gasteiger partial charge in [-0.2, -0.15) is 0 Å². The summed E-state index contributed by atoms with van der Waals surface area (Å²) in [6.45, 7) is 2.27. The first-order chi connectivity index (χ1) is 12.1. The van der Waals surface area contributed by atoms with Gasteiger partial charge < -0.3 is 4.74 Å². The van der Waals surface area contributed by atoms with Gasteiger partial charge in [-0.25, -0.2) is 4.98 Å². The monoisotopic (exact) mass is 376 g/mol. The van der Waals surface area contributed by atoms with Gasteiger partial charge in [0.15, 0.2) is 0 Å². The molecule has 0 saturated carbocycles. The smallest absolute Gasteiger partial charge is 0.326 e. The fourth-order valence-electron chi connectivity index (χ4n) is 2.33. The molecule has 0 N–H and O–H groups in total. The Labute approximate surface area is 153 Å². The highest BCUT2D eigenvalue weighted by molar-refractivity contribution is 7.22. The normalized spacial score (nSPS) is 11.0. The number of nitrogens with zero attached hydrogens (tertiary/aromatic N) is 2. The minimum atomic E-state index is -0.425. The predicted molar refractivity (Wildman–Crippen MR) is 100 cm³/mol. The van der Waals surface area contributed by atoms with Crippen LogP contribution < -0.4 is 5.56 Å². The van der Waals surface area contributed by atoms with Gasteiger partial charge in [-0.3, -0.25) is 14.2 Å². The zero-order valence-electron chi connectivity index (χ0n) is 13.7. The molecule has 0 bridgehead atoms. The van der Waals surface area contributed by atoms with Crippen LogP contribution in [-0.2, 0) is 16.1 Å². The van der Waals surface area contributed by atoms with Crippen LogP contribution >= 0.6 is 22.9 Å². The van der Waals surface area contributed by atoms with Gasteiger partial charge in [0, 0.05) is 9.90 Å². The molecule has 0 aliphatic rings.